The van der Waals surface area contributed by atoms with Gasteiger partial charge in [-0.1, -0.05) is 17.7 Å². The molecule has 2 saturated heterocycles. The number of rotatable bonds is 9. The molecule has 1 aliphatic carbocycles. The third-order valence-electron chi connectivity index (χ3n) is 8.01. The summed E-state index contributed by atoms with van der Waals surface area (Å²) in [6.07, 6.45) is -9.82. The van der Waals surface area contributed by atoms with E-state index in [1.54, 1.807) is 6.92 Å². The van der Waals surface area contributed by atoms with Crippen LogP contribution in [-0.2, 0) is 19.0 Å². The second kappa shape index (κ2) is 14.3. The first kappa shape index (κ1) is 34.1. The quantitative estimate of drug-likeness (QED) is 0.198. The minimum Gasteiger partial charge on any atom is -0.488 e. The van der Waals surface area contributed by atoms with Crippen LogP contribution in [0.4, 0.5) is 13.2 Å². The molecule has 3 fully saturated rings. The van der Waals surface area contributed by atoms with Gasteiger partial charge in [-0.2, -0.15) is 0 Å². The number of hydrogen-bond acceptors (Lipinski definition) is 10. The van der Waals surface area contributed by atoms with Crippen molar-refractivity contribution >= 4 is 23.6 Å². The number of amides is 1. The average Bonchev–Trinajstić information content (AvgIpc) is 3.62. The second-order valence-corrected chi connectivity index (χ2v) is 11.6. The van der Waals surface area contributed by atoms with Crippen LogP contribution in [0.2, 0.25) is 5.02 Å². The Morgan fingerprint density at radius 2 is 1.72 bits per heavy atom. The SMILES string of the molecule is CC(=Cc1ccc(O[C@@H]2O[C@H](C(C)=CCOc3cc(F)ccc3Cl)[C@@H](O)[C@@H]2F)c(F)c1)C(=O)N[C@@H]1[C@H](O)[C@@H](O)[C@H]2OCO[C@H]2[C@@H]1O. The standard InChI is InChI=1S/C31H33ClF3NO10/c1-13(7-8-42-20-11-16(33)4-5-17(20)32)27-23(37)21(35)31(46-27)45-19-6-3-15(10-18(19)34)9-14(2)30(41)36-22-24(38)26(40)29-28(25(22)39)43-12-44-29/h3-7,9-11,21-29,31,37-40H,8,12H2,1-2H3,(H,36,41)/t21-,22+,23-,24-,25+,26+,27+,28-,29+,31+/m0/s1. The zero-order valence-electron chi connectivity index (χ0n) is 24.6. The summed E-state index contributed by atoms with van der Waals surface area (Å²) in [5, 5.41) is 44.3. The summed E-state index contributed by atoms with van der Waals surface area (Å²) in [6, 6.07) is 5.98. The third-order valence-corrected chi connectivity index (χ3v) is 8.32. The molecular formula is C31H33ClF3NO10. The molecule has 2 heterocycles. The molecule has 1 saturated carbocycles. The Labute approximate surface area is 266 Å². The maximum absolute atomic E-state index is 15.0. The van der Waals surface area contributed by atoms with Gasteiger partial charge in [0.05, 0.1) is 11.1 Å². The molecule has 5 rings (SSSR count). The van der Waals surface area contributed by atoms with Crippen molar-refractivity contribution in [2.75, 3.05) is 13.4 Å². The normalized spacial score (nSPS) is 33.1. The Morgan fingerprint density at radius 3 is 2.43 bits per heavy atom. The Balaban J connectivity index is 1.18. The van der Waals surface area contributed by atoms with Gasteiger partial charge < -0.3 is 49.4 Å². The molecule has 46 heavy (non-hydrogen) atoms. The number of alkyl halides is 1. The van der Waals surface area contributed by atoms with Gasteiger partial charge in [-0.25, -0.2) is 13.2 Å². The van der Waals surface area contributed by atoms with E-state index in [2.05, 4.69) is 5.32 Å². The molecule has 250 valence electrons. The molecule has 0 unspecified atom stereocenters. The van der Waals surface area contributed by atoms with Crippen molar-refractivity contribution in [2.45, 2.75) is 75.1 Å². The predicted octanol–water partition coefficient (Wildman–Crippen LogP) is 2.17. The lowest BCUT2D eigenvalue weighted by Gasteiger charge is -2.41. The first-order valence-electron chi connectivity index (χ1n) is 14.3. The minimum atomic E-state index is -2.03. The smallest absolute Gasteiger partial charge is 0.247 e. The molecule has 0 radical (unpaired) electrons. The maximum Gasteiger partial charge on any atom is 0.247 e. The Kier molecular flexibility index (Phi) is 10.6. The highest BCUT2D eigenvalue weighted by molar-refractivity contribution is 6.32. The summed E-state index contributed by atoms with van der Waals surface area (Å²) >= 11 is 5.98. The number of nitrogens with one attached hydrogen (secondary N) is 1. The van der Waals surface area contributed by atoms with Crippen molar-refractivity contribution in [3.05, 3.63) is 75.8 Å². The second-order valence-electron chi connectivity index (χ2n) is 11.2. The first-order valence-corrected chi connectivity index (χ1v) is 14.7. The molecule has 11 nitrogen and oxygen atoms in total. The van der Waals surface area contributed by atoms with Gasteiger partial charge in [-0.3, -0.25) is 4.79 Å². The van der Waals surface area contributed by atoms with Crippen LogP contribution in [-0.4, -0.2) is 101 Å². The van der Waals surface area contributed by atoms with Crippen molar-refractivity contribution in [2.24, 2.45) is 0 Å². The van der Waals surface area contributed by atoms with Crippen molar-refractivity contribution in [3.8, 4) is 11.5 Å². The molecule has 2 aromatic carbocycles. The van der Waals surface area contributed by atoms with E-state index in [4.69, 9.17) is 35.3 Å². The van der Waals surface area contributed by atoms with Crippen LogP contribution in [0.5, 0.6) is 11.5 Å². The van der Waals surface area contributed by atoms with E-state index in [0.29, 0.717) is 5.57 Å². The summed E-state index contributed by atoms with van der Waals surface area (Å²) in [6.45, 7) is 2.72. The van der Waals surface area contributed by atoms with E-state index >= 15 is 0 Å². The molecule has 2 aromatic rings. The number of hydrogen-bond donors (Lipinski definition) is 5. The molecule has 1 amide bonds. The van der Waals surface area contributed by atoms with E-state index in [1.807, 2.05) is 0 Å². The minimum absolute atomic E-state index is 0.0764. The van der Waals surface area contributed by atoms with Gasteiger partial charge in [-0.15, -0.1) is 0 Å². The molecule has 10 atom stereocenters. The van der Waals surface area contributed by atoms with Crippen LogP contribution in [0.25, 0.3) is 6.08 Å². The monoisotopic (exact) mass is 671 g/mol. The van der Waals surface area contributed by atoms with Gasteiger partial charge in [0.15, 0.2) is 17.7 Å². The summed E-state index contributed by atoms with van der Waals surface area (Å²) in [4.78, 5) is 12.8. The summed E-state index contributed by atoms with van der Waals surface area (Å²) in [5.41, 5.74) is 0.691. The van der Waals surface area contributed by atoms with Gasteiger partial charge >= 0.3 is 0 Å². The number of carbonyl (C=O) groups excluding carboxylic acids is 1. The summed E-state index contributed by atoms with van der Waals surface area (Å²) in [5.74, 6) is -2.43. The van der Waals surface area contributed by atoms with Crippen molar-refractivity contribution < 1.29 is 62.1 Å². The lowest BCUT2D eigenvalue weighted by atomic mass is 9.83. The molecule has 5 N–H and O–H groups in total. The zero-order valence-corrected chi connectivity index (χ0v) is 25.3. The Morgan fingerprint density at radius 1 is 1.00 bits per heavy atom. The Hall–Kier alpha value is -3.21. The zero-order chi connectivity index (χ0) is 33.3. The van der Waals surface area contributed by atoms with E-state index in [1.165, 1.54) is 43.3 Å². The van der Waals surface area contributed by atoms with Crippen LogP contribution in [0.1, 0.15) is 19.4 Å². The maximum atomic E-state index is 15.0. The van der Waals surface area contributed by atoms with Gasteiger partial charge in [0.25, 0.3) is 0 Å². The largest absolute Gasteiger partial charge is 0.488 e. The predicted molar refractivity (Wildman–Crippen MR) is 155 cm³/mol. The van der Waals surface area contributed by atoms with Gasteiger partial charge in [0.2, 0.25) is 12.2 Å². The highest BCUT2D eigenvalue weighted by atomic mass is 35.5. The van der Waals surface area contributed by atoms with Crippen LogP contribution in [0.15, 0.2) is 53.6 Å². The van der Waals surface area contributed by atoms with Gasteiger partial charge in [0.1, 0.15) is 67.7 Å². The fourth-order valence-corrected chi connectivity index (χ4v) is 5.60. The van der Waals surface area contributed by atoms with Crippen LogP contribution in [0.3, 0.4) is 0 Å². The van der Waals surface area contributed by atoms with E-state index in [0.717, 1.165) is 12.1 Å². The topological polar surface area (TPSA) is 156 Å². The molecule has 3 aliphatic rings. The van der Waals surface area contributed by atoms with Crippen molar-refractivity contribution in [3.63, 3.8) is 0 Å². The number of ether oxygens (including phenoxy) is 5. The molecule has 0 spiro atoms. The van der Waals surface area contributed by atoms with Crippen molar-refractivity contribution in [1.82, 2.24) is 5.32 Å². The average molecular weight is 672 g/mol. The lowest BCUT2D eigenvalue weighted by Crippen LogP contribution is -2.67. The molecule has 0 bridgehead atoms. The van der Waals surface area contributed by atoms with Crippen LogP contribution in [0, 0.1) is 11.6 Å². The first-order chi connectivity index (χ1) is 21.8. The fourth-order valence-electron chi connectivity index (χ4n) is 5.43. The summed E-state index contributed by atoms with van der Waals surface area (Å²) in [7, 11) is 0. The highest BCUT2D eigenvalue weighted by Gasteiger charge is 2.53. The van der Waals surface area contributed by atoms with Gasteiger partial charge in [0, 0.05) is 11.6 Å². The molecular weight excluding hydrogens is 639 g/mol. The molecule has 15 heteroatoms. The third kappa shape index (κ3) is 7.19. The lowest BCUT2D eigenvalue weighted by molar-refractivity contribution is -0.155. The summed E-state index contributed by atoms with van der Waals surface area (Å²) < 4.78 is 70.2. The van der Waals surface area contributed by atoms with E-state index in [9.17, 15) is 38.4 Å². The van der Waals surface area contributed by atoms with E-state index in [-0.39, 0.29) is 41.1 Å². The molecule has 2 aliphatic heterocycles. The Bertz CT molecular complexity index is 1490. The number of fused-ring (bicyclic) bond motifs is 1. The van der Waals surface area contributed by atoms with Crippen molar-refractivity contribution in [1.29, 1.82) is 0 Å². The van der Waals surface area contributed by atoms with E-state index < -0.39 is 78.8 Å². The fraction of sp³-hybridized carbons (Fsp3) is 0.452. The number of aliphatic hydroxyl groups excluding tert-OH is 4. The van der Waals surface area contributed by atoms with Gasteiger partial charge in [-0.05, 0) is 61.4 Å². The number of benzene rings is 2. The highest BCUT2D eigenvalue weighted by Crippen LogP contribution is 2.33. The number of aliphatic hydroxyl groups is 4. The number of halogens is 4. The van der Waals surface area contributed by atoms with Crippen LogP contribution < -0.4 is 14.8 Å². The number of carbonyl (C=O) groups is 1. The van der Waals surface area contributed by atoms with Crippen LogP contribution >= 0.6 is 11.6 Å². The molecule has 0 aromatic heterocycles.